The Kier molecular flexibility index (Phi) is 11.6. The molecular formula is C27H30O9. The highest BCUT2D eigenvalue weighted by Crippen LogP contribution is 2.29. The summed E-state index contributed by atoms with van der Waals surface area (Å²) in [6.45, 7) is 3.67. The Balaban J connectivity index is 1.78. The van der Waals surface area contributed by atoms with Crippen LogP contribution in [0.5, 0.6) is 23.0 Å². The van der Waals surface area contributed by atoms with Crippen molar-refractivity contribution in [2.45, 2.75) is 13.8 Å². The molecule has 0 unspecified atom stereocenters. The van der Waals surface area contributed by atoms with Crippen LogP contribution in [0.2, 0.25) is 0 Å². The van der Waals surface area contributed by atoms with Crippen LogP contribution in [-0.2, 0) is 23.9 Å². The number of ether oxygens (including phenoxy) is 6. The van der Waals surface area contributed by atoms with Gasteiger partial charge in [-0.2, -0.15) is 0 Å². The van der Waals surface area contributed by atoms with Crippen LogP contribution in [-0.4, -0.2) is 58.4 Å². The molecule has 0 aliphatic heterocycles. The van der Waals surface area contributed by atoms with Gasteiger partial charge in [-0.15, -0.1) is 0 Å². The van der Waals surface area contributed by atoms with Crippen molar-refractivity contribution in [1.82, 2.24) is 0 Å². The van der Waals surface area contributed by atoms with Crippen LogP contribution in [0.15, 0.2) is 48.6 Å². The van der Waals surface area contributed by atoms with Gasteiger partial charge in [0.05, 0.1) is 27.4 Å². The van der Waals surface area contributed by atoms with Crippen molar-refractivity contribution >= 4 is 29.9 Å². The summed E-state index contributed by atoms with van der Waals surface area (Å²) in [6, 6.07) is 10.4. The predicted molar refractivity (Wildman–Crippen MR) is 133 cm³/mol. The third-order valence-corrected chi connectivity index (χ3v) is 4.55. The largest absolute Gasteiger partial charge is 0.493 e. The molecule has 0 heterocycles. The van der Waals surface area contributed by atoms with Crippen LogP contribution >= 0.6 is 0 Å². The lowest BCUT2D eigenvalue weighted by Crippen LogP contribution is -2.19. The molecule has 0 aliphatic rings. The van der Waals surface area contributed by atoms with Gasteiger partial charge in [-0.1, -0.05) is 12.1 Å². The molecule has 0 N–H and O–H groups in total. The summed E-state index contributed by atoms with van der Waals surface area (Å²) in [6.07, 6.45) is 5.40. The number of rotatable bonds is 14. The van der Waals surface area contributed by atoms with E-state index in [4.69, 9.17) is 28.4 Å². The van der Waals surface area contributed by atoms with Gasteiger partial charge in [-0.25, -0.2) is 9.59 Å². The second-order valence-electron chi connectivity index (χ2n) is 7.11. The summed E-state index contributed by atoms with van der Waals surface area (Å²) < 4.78 is 31.2. The van der Waals surface area contributed by atoms with E-state index in [0.717, 1.165) is 0 Å². The Bertz CT molecular complexity index is 1020. The molecule has 0 radical (unpaired) electrons. The third-order valence-electron chi connectivity index (χ3n) is 4.55. The Morgan fingerprint density at radius 1 is 0.667 bits per heavy atom. The van der Waals surface area contributed by atoms with Gasteiger partial charge >= 0.3 is 11.9 Å². The summed E-state index contributed by atoms with van der Waals surface area (Å²) in [4.78, 5) is 35.7. The molecular weight excluding hydrogens is 468 g/mol. The third kappa shape index (κ3) is 9.17. The number of Topliss-reactive ketones (excluding diaryl/α,β-unsaturated/α-hetero) is 1. The second kappa shape index (κ2) is 14.9. The maximum Gasteiger partial charge on any atom is 0.331 e. The molecule has 9 heteroatoms. The highest BCUT2D eigenvalue weighted by molar-refractivity contribution is 5.92. The number of ketones is 1. The monoisotopic (exact) mass is 498 g/mol. The van der Waals surface area contributed by atoms with E-state index in [1.165, 1.54) is 38.5 Å². The summed E-state index contributed by atoms with van der Waals surface area (Å²) in [5, 5.41) is 0. The molecule has 0 spiro atoms. The summed E-state index contributed by atoms with van der Waals surface area (Å²) in [5.41, 5.74) is 1.37. The van der Waals surface area contributed by atoms with E-state index in [1.807, 2.05) is 13.8 Å². The average Bonchev–Trinajstić information content (AvgIpc) is 2.89. The van der Waals surface area contributed by atoms with Gasteiger partial charge < -0.3 is 28.4 Å². The molecule has 0 bridgehead atoms. The predicted octanol–water partition coefficient (Wildman–Crippen LogP) is 3.88. The minimum Gasteiger partial charge on any atom is -0.493 e. The first kappa shape index (κ1) is 28.0. The van der Waals surface area contributed by atoms with Gasteiger partial charge in [-0.3, -0.25) is 4.79 Å². The van der Waals surface area contributed by atoms with Gasteiger partial charge in [0.15, 0.2) is 36.2 Å². The molecule has 2 rings (SSSR count). The summed E-state index contributed by atoms with van der Waals surface area (Å²) >= 11 is 0. The zero-order valence-corrected chi connectivity index (χ0v) is 20.8. The fourth-order valence-electron chi connectivity index (χ4n) is 2.89. The maximum absolute atomic E-state index is 11.9. The van der Waals surface area contributed by atoms with E-state index in [-0.39, 0.29) is 0 Å². The smallest absolute Gasteiger partial charge is 0.331 e. The molecule has 36 heavy (non-hydrogen) atoms. The van der Waals surface area contributed by atoms with Gasteiger partial charge in [0.1, 0.15) is 0 Å². The highest BCUT2D eigenvalue weighted by Gasteiger charge is 2.09. The fraction of sp³-hybridized carbons (Fsp3) is 0.296. The molecule has 0 atom stereocenters. The first-order valence-electron chi connectivity index (χ1n) is 11.2. The minimum atomic E-state index is -0.716. The van der Waals surface area contributed by atoms with Crippen molar-refractivity contribution in [3.63, 3.8) is 0 Å². The van der Waals surface area contributed by atoms with Crippen molar-refractivity contribution in [2.24, 2.45) is 0 Å². The SMILES string of the molecule is CCOc1ccc(/C=C/C(=O)OCC(=O)COC(=O)/C=C/c2ccc(OCC)c(OC)c2)cc1OC. The minimum absolute atomic E-state index is 0.496. The lowest BCUT2D eigenvalue weighted by molar-refractivity contribution is -0.148. The molecule has 0 amide bonds. The van der Waals surface area contributed by atoms with Crippen LogP contribution in [0.4, 0.5) is 0 Å². The number of hydrogen-bond acceptors (Lipinski definition) is 9. The van der Waals surface area contributed by atoms with Crippen LogP contribution in [0.1, 0.15) is 25.0 Å². The van der Waals surface area contributed by atoms with E-state index < -0.39 is 30.9 Å². The van der Waals surface area contributed by atoms with Gasteiger partial charge in [0.25, 0.3) is 0 Å². The zero-order valence-electron chi connectivity index (χ0n) is 20.8. The number of esters is 2. The topological polar surface area (TPSA) is 107 Å². The second-order valence-corrected chi connectivity index (χ2v) is 7.11. The number of carbonyl (C=O) groups is 3. The van der Waals surface area contributed by atoms with E-state index >= 15 is 0 Å². The number of carbonyl (C=O) groups excluding carboxylic acids is 3. The van der Waals surface area contributed by atoms with Crippen molar-refractivity contribution < 1.29 is 42.8 Å². The standard InChI is InChI=1S/C27H30O9/c1-5-33-22-11-7-19(15-24(22)31-3)9-13-26(29)35-17-21(28)18-36-27(30)14-10-20-8-12-23(34-6-2)25(16-20)32-4/h7-16H,5-6,17-18H2,1-4H3/b13-9+,14-10+. The molecule has 192 valence electrons. The van der Waals surface area contributed by atoms with Crippen molar-refractivity contribution in [2.75, 3.05) is 40.6 Å². The highest BCUT2D eigenvalue weighted by atomic mass is 16.6. The van der Waals surface area contributed by atoms with Crippen molar-refractivity contribution in [1.29, 1.82) is 0 Å². The molecule has 0 saturated carbocycles. The molecule has 0 saturated heterocycles. The van der Waals surface area contributed by atoms with E-state index in [2.05, 4.69) is 0 Å². The Morgan fingerprint density at radius 3 is 1.44 bits per heavy atom. The molecule has 0 aliphatic carbocycles. The lowest BCUT2D eigenvalue weighted by Gasteiger charge is -2.09. The summed E-state index contributed by atoms with van der Waals surface area (Å²) in [7, 11) is 3.04. The van der Waals surface area contributed by atoms with Crippen LogP contribution in [0.3, 0.4) is 0 Å². The van der Waals surface area contributed by atoms with E-state index in [1.54, 1.807) is 36.4 Å². The fourth-order valence-corrected chi connectivity index (χ4v) is 2.89. The van der Waals surface area contributed by atoms with Gasteiger partial charge in [0.2, 0.25) is 5.78 Å². The Labute approximate surface area is 210 Å². The first-order chi connectivity index (χ1) is 17.4. The quantitative estimate of drug-likeness (QED) is 0.283. The molecule has 9 nitrogen and oxygen atoms in total. The van der Waals surface area contributed by atoms with Gasteiger partial charge in [-0.05, 0) is 61.4 Å². The Hall–Kier alpha value is -4.27. The van der Waals surface area contributed by atoms with E-state index in [9.17, 15) is 14.4 Å². The Morgan fingerprint density at radius 2 is 1.08 bits per heavy atom. The molecule has 2 aromatic carbocycles. The summed E-state index contributed by atoms with van der Waals surface area (Å²) in [5.74, 6) is 0.241. The first-order valence-corrected chi connectivity index (χ1v) is 11.2. The average molecular weight is 499 g/mol. The zero-order chi connectivity index (χ0) is 26.3. The molecule has 2 aromatic rings. The van der Waals surface area contributed by atoms with Crippen LogP contribution in [0, 0.1) is 0 Å². The number of hydrogen-bond donors (Lipinski definition) is 0. The van der Waals surface area contributed by atoms with Crippen molar-refractivity contribution in [3.05, 3.63) is 59.7 Å². The normalized spacial score (nSPS) is 10.8. The van der Waals surface area contributed by atoms with Crippen LogP contribution in [0.25, 0.3) is 12.2 Å². The lowest BCUT2D eigenvalue weighted by atomic mass is 10.2. The van der Waals surface area contributed by atoms with Gasteiger partial charge in [0, 0.05) is 12.2 Å². The van der Waals surface area contributed by atoms with Crippen molar-refractivity contribution in [3.8, 4) is 23.0 Å². The number of methoxy groups -OCH3 is 2. The number of benzene rings is 2. The molecule has 0 fully saturated rings. The maximum atomic E-state index is 11.9. The molecule has 0 aromatic heterocycles. The van der Waals surface area contributed by atoms with Crippen LogP contribution < -0.4 is 18.9 Å². The van der Waals surface area contributed by atoms with E-state index in [0.29, 0.717) is 47.3 Å².